The molecule has 3 rings (SSSR count). The molecule has 1 aliphatic heterocycles. The van der Waals surface area contributed by atoms with Crippen LogP contribution in [0.15, 0.2) is 24.4 Å². The predicted octanol–water partition coefficient (Wildman–Crippen LogP) is 1.91. The average molecular weight is 412 g/mol. The molecule has 1 aromatic carbocycles. The van der Waals surface area contributed by atoms with Crippen molar-refractivity contribution in [1.82, 2.24) is 19.4 Å². The van der Waals surface area contributed by atoms with Crippen molar-refractivity contribution < 1.29 is 22.0 Å². The van der Waals surface area contributed by atoms with E-state index < -0.39 is 21.7 Å². The molecule has 7 nitrogen and oxygen atoms in total. The molecule has 0 atom stereocenters. The van der Waals surface area contributed by atoms with Crippen molar-refractivity contribution in [3.05, 3.63) is 41.6 Å². The summed E-state index contributed by atoms with van der Waals surface area (Å²) >= 11 is 0. The molecule has 0 radical (unpaired) electrons. The number of nitrogens with one attached hydrogen (secondary N) is 1. The molecule has 28 heavy (non-hydrogen) atoms. The summed E-state index contributed by atoms with van der Waals surface area (Å²) in [5, 5.41) is 4.18. The van der Waals surface area contributed by atoms with E-state index in [2.05, 4.69) is 9.82 Å². The van der Waals surface area contributed by atoms with E-state index in [4.69, 9.17) is 0 Å². The standard InChI is InChI=1S/C18H22F2N4O3S/c1-3-28(26,27)22-13-6-8-24(9-7-13)18(25)15-11-23(2)21-17(15)14-5-4-12(19)10-16(14)20/h4-5,10-11,13,22H,3,6-9H2,1-2H3. The maximum Gasteiger partial charge on any atom is 0.257 e. The Bertz CT molecular complexity index is 983. The maximum atomic E-state index is 14.2. The number of likely N-dealkylation sites (tertiary alicyclic amines) is 1. The Morgan fingerprint density at radius 2 is 1.96 bits per heavy atom. The first-order chi connectivity index (χ1) is 13.2. The Balaban J connectivity index is 1.78. The van der Waals surface area contributed by atoms with Crippen molar-refractivity contribution in [3.63, 3.8) is 0 Å². The van der Waals surface area contributed by atoms with Gasteiger partial charge in [0.2, 0.25) is 10.0 Å². The molecule has 0 aliphatic carbocycles. The molecular formula is C18H22F2N4O3S. The van der Waals surface area contributed by atoms with Crippen molar-refractivity contribution >= 4 is 15.9 Å². The molecule has 2 aromatic rings. The number of piperidine rings is 1. The molecule has 0 spiro atoms. The van der Waals surface area contributed by atoms with Crippen LogP contribution in [0.1, 0.15) is 30.1 Å². The molecule has 1 aliphatic rings. The number of aromatic nitrogens is 2. The van der Waals surface area contributed by atoms with E-state index >= 15 is 0 Å². The van der Waals surface area contributed by atoms with Gasteiger partial charge in [0, 0.05) is 44.0 Å². The van der Waals surface area contributed by atoms with Crippen molar-refractivity contribution in [1.29, 1.82) is 0 Å². The molecule has 1 aromatic heterocycles. The lowest BCUT2D eigenvalue weighted by Crippen LogP contribution is -2.46. The Kier molecular flexibility index (Phi) is 5.80. The van der Waals surface area contributed by atoms with Gasteiger partial charge in [-0.25, -0.2) is 21.9 Å². The number of hydrogen-bond acceptors (Lipinski definition) is 4. The summed E-state index contributed by atoms with van der Waals surface area (Å²) < 4.78 is 54.8. The Morgan fingerprint density at radius 3 is 2.57 bits per heavy atom. The third kappa shape index (κ3) is 4.39. The summed E-state index contributed by atoms with van der Waals surface area (Å²) in [5.74, 6) is -1.81. The Morgan fingerprint density at radius 1 is 1.29 bits per heavy atom. The molecule has 1 fully saturated rings. The number of carbonyl (C=O) groups is 1. The van der Waals surface area contributed by atoms with E-state index in [1.807, 2.05) is 0 Å². The lowest BCUT2D eigenvalue weighted by Gasteiger charge is -2.32. The van der Waals surface area contributed by atoms with Gasteiger partial charge in [0.05, 0.1) is 11.3 Å². The van der Waals surface area contributed by atoms with Crippen LogP contribution in [0.25, 0.3) is 11.3 Å². The number of hydrogen-bond donors (Lipinski definition) is 1. The van der Waals surface area contributed by atoms with Gasteiger partial charge in [0.25, 0.3) is 5.91 Å². The largest absolute Gasteiger partial charge is 0.338 e. The van der Waals surface area contributed by atoms with Crippen LogP contribution < -0.4 is 4.72 Å². The average Bonchev–Trinajstić information content (AvgIpc) is 3.03. The summed E-state index contributed by atoms with van der Waals surface area (Å²) in [6.07, 6.45) is 2.49. The highest BCUT2D eigenvalue weighted by atomic mass is 32.2. The van der Waals surface area contributed by atoms with Crippen LogP contribution in [-0.4, -0.2) is 53.9 Å². The second-order valence-corrected chi connectivity index (χ2v) is 8.82. The van der Waals surface area contributed by atoms with Gasteiger partial charge in [-0.1, -0.05) is 0 Å². The summed E-state index contributed by atoms with van der Waals surface area (Å²) in [6.45, 7) is 2.31. The van der Waals surface area contributed by atoms with Crippen molar-refractivity contribution in [3.8, 4) is 11.3 Å². The van der Waals surface area contributed by atoms with Crippen LogP contribution >= 0.6 is 0 Å². The summed E-state index contributed by atoms with van der Waals surface area (Å²) in [4.78, 5) is 14.6. The van der Waals surface area contributed by atoms with Crippen molar-refractivity contribution in [2.45, 2.75) is 25.8 Å². The van der Waals surface area contributed by atoms with Crippen LogP contribution in [0.4, 0.5) is 8.78 Å². The molecule has 152 valence electrons. The van der Waals surface area contributed by atoms with Crippen molar-refractivity contribution in [2.24, 2.45) is 7.05 Å². The molecule has 1 saturated heterocycles. The van der Waals surface area contributed by atoms with E-state index in [9.17, 15) is 22.0 Å². The lowest BCUT2D eigenvalue weighted by molar-refractivity contribution is 0.0712. The first kappa shape index (κ1) is 20.4. The Hall–Kier alpha value is -2.33. The zero-order valence-corrected chi connectivity index (χ0v) is 16.5. The molecule has 0 bridgehead atoms. The molecule has 2 heterocycles. The van der Waals surface area contributed by atoms with Gasteiger partial charge in [-0.05, 0) is 31.9 Å². The van der Waals surface area contributed by atoms with E-state index in [-0.39, 0.29) is 34.5 Å². The number of amides is 1. The summed E-state index contributed by atoms with van der Waals surface area (Å²) in [6, 6.07) is 2.92. The number of sulfonamides is 1. The SMILES string of the molecule is CCS(=O)(=O)NC1CCN(C(=O)c2cn(C)nc2-c2ccc(F)cc2F)CC1. The highest BCUT2D eigenvalue weighted by Crippen LogP contribution is 2.27. The highest BCUT2D eigenvalue weighted by Gasteiger charge is 2.29. The number of benzene rings is 1. The van der Waals surface area contributed by atoms with E-state index in [1.54, 1.807) is 18.9 Å². The minimum atomic E-state index is -3.30. The first-order valence-corrected chi connectivity index (χ1v) is 10.6. The number of carbonyl (C=O) groups excluding carboxylic acids is 1. The lowest BCUT2D eigenvalue weighted by atomic mass is 10.0. The fourth-order valence-electron chi connectivity index (χ4n) is 3.23. The zero-order valence-electron chi connectivity index (χ0n) is 15.7. The molecule has 0 unspecified atom stereocenters. The summed E-state index contributed by atoms with van der Waals surface area (Å²) in [5.41, 5.74) is 0.426. The number of nitrogens with zero attached hydrogens (tertiary/aromatic N) is 3. The molecule has 10 heteroatoms. The third-order valence-electron chi connectivity index (χ3n) is 4.75. The topological polar surface area (TPSA) is 84.3 Å². The third-order valence-corrected chi connectivity index (χ3v) is 6.21. The van der Waals surface area contributed by atoms with Gasteiger partial charge in [-0.2, -0.15) is 5.10 Å². The minimum Gasteiger partial charge on any atom is -0.338 e. The van der Waals surface area contributed by atoms with E-state index in [1.165, 1.54) is 16.9 Å². The molecule has 1 N–H and O–H groups in total. The second kappa shape index (κ2) is 7.96. The van der Waals surface area contributed by atoms with Crippen LogP contribution in [0.3, 0.4) is 0 Å². The van der Waals surface area contributed by atoms with Crippen LogP contribution in [0.2, 0.25) is 0 Å². The monoisotopic (exact) mass is 412 g/mol. The highest BCUT2D eigenvalue weighted by molar-refractivity contribution is 7.89. The quantitative estimate of drug-likeness (QED) is 0.813. The second-order valence-electron chi connectivity index (χ2n) is 6.78. The number of rotatable bonds is 5. The predicted molar refractivity (Wildman–Crippen MR) is 100 cm³/mol. The van der Waals surface area contributed by atoms with Crippen LogP contribution in [0.5, 0.6) is 0 Å². The number of aryl methyl sites for hydroxylation is 1. The van der Waals surface area contributed by atoms with Gasteiger partial charge in [0.1, 0.15) is 17.3 Å². The van der Waals surface area contributed by atoms with Gasteiger partial charge in [-0.3, -0.25) is 9.48 Å². The van der Waals surface area contributed by atoms with Crippen LogP contribution in [0, 0.1) is 11.6 Å². The first-order valence-electron chi connectivity index (χ1n) is 8.98. The molecule has 1 amide bonds. The van der Waals surface area contributed by atoms with Crippen LogP contribution in [-0.2, 0) is 17.1 Å². The normalized spacial score (nSPS) is 15.8. The van der Waals surface area contributed by atoms with Crippen molar-refractivity contribution in [2.75, 3.05) is 18.8 Å². The fourth-order valence-corrected chi connectivity index (χ4v) is 4.14. The summed E-state index contributed by atoms with van der Waals surface area (Å²) in [7, 11) is -1.68. The van der Waals surface area contributed by atoms with E-state index in [0.29, 0.717) is 25.9 Å². The number of halogens is 2. The Labute approximate surface area is 162 Å². The van der Waals surface area contributed by atoms with E-state index in [0.717, 1.165) is 12.1 Å². The van der Waals surface area contributed by atoms with Gasteiger partial charge in [-0.15, -0.1) is 0 Å². The van der Waals surface area contributed by atoms with Gasteiger partial charge in [0.15, 0.2) is 0 Å². The van der Waals surface area contributed by atoms with Gasteiger partial charge < -0.3 is 4.90 Å². The smallest absolute Gasteiger partial charge is 0.257 e. The molecule has 0 saturated carbocycles. The fraction of sp³-hybridized carbons (Fsp3) is 0.444. The van der Waals surface area contributed by atoms with Gasteiger partial charge >= 0.3 is 0 Å². The maximum absolute atomic E-state index is 14.2. The molecular weight excluding hydrogens is 390 g/mol. The minimum absolute atomic E-state index is 0.00836. The zero-order chi connectivity index (χ0) is 20.5.